The van der Waals surface area contributed by atoms with Crippen LogP contribution in [0.3, 0.4) is 0 Å². The minimum Gasteiger partial charge on any atom is -0.380 e. The summed E-state index contributed by atoms with van der Waals surface area (Å²) in [5.74, 6) is 0.600. The fourth-order valence-electron chi connectivity index (χ4n) is 1.29. The summed E-state index contributed by atoms with van der Waals surface area (Å²) in [6.07, 6.45) is 1.09. The van der Waals surface area contributed by atoms with E-state index in [-0.39, 0.29) is 0 Å². The maximum absolute atomic E-state index is 5.43. The first-order valence-corrected chi connectivity index (χ1v) is 6.11. The Morgan fingerprint density at radius 1 is 1.07 bits per heavy atom. The summed E-state index contributed by atoms with van der Waals surface area (Å²) in [4.78, 5) is 0. The van der Waals surface area contributed by atoms with Crippen LogP contribution in [-0.4, -0.2) is 39.0 Å². The van der Waals surface area contributed by atoms with Crippen LogP contribution in [0.25, 0.3) is 0 Å². The van der Waals surface area contributed by atoms with E-state index in [0.29, 0.717) is 12.0 Å². The quantitative estimate of drug-likeness (QED) is 0.568. The van der Waals surface area contributed by atoms with E-state index in [1.807, 2.05) is 6.92 Å². The molecule has 0 heterocycles. The largest absolute Gasteiger partial charge is 0.380 e. The molecule has 1 N–H and O–H groups in total. The van der Waals surface area contributed by atoms with Crippen LogP contribution in [0, 0.1) is 5.92 Å². The fraction of sp³-hybridized carbons (Fsp3) is 1.00. The van der Waals surface area contributed by atoms with Crippen LogP contribution in [0.2, 0.25) is 0 Å². The van der Waals surface area contributed by atoms with E-state index in [1.54, 1.807) is 0 Å². The average molecular weight is 217 g/mol. The molecule has 0 bridgehead atoms. The molecular formula is C12H27NO2. The van der Waals surface area contributed by atoms with Crippen LogP contribution >= 0.6 is 0 Å². The summed E-state index contributed by atoms with van der Waals surface area (Å²) in [5.41, 5.74) is 0. The predicted molar refractivity (Wildman–Crippen MR) is 64.2 cm³/mol. The normalized spacial score (nSPS) is 13.4. The predicted octanol–water partition coefficient (Wildman–Crippen LogP) is 2.06. The van der Waals surface area contributed by atoms with Crippen molar-refractivity contribution in [3.8, 4) is 0 Å². The van der Waals surface area contributed by atoms with Gasteiger partial charge in [-0.15, -0.1) is 0 Å². The topological polar surface area (TPSA) is 30.5 Å². The Bertz CT molecular complexity index is 129. The molecule has 0 spiro atoms. The minimum absolute atomic E-state index is 0.440. The SMILES string of the molecule is CCCOCCNC(COCC)C(C)C. The highest BCUT2D eigenvalue weighted by Crippen LogP contribution is 2.01. The molecule has 1 atom stereocenters. The van der Waals surface area contributed by atoms with Gasteiger partial charge in [0, 0.05) is 25.8 Å². The second kappa shape index (κ2) is 10.4. The maximum Gasteiger partial charge on any atom is 0.0621 e. The molecule has 0 saturated carbocycles. The lowest BCUT2D eigenvalue weighted by molar-refractivity contribution is 0.0960. The molecule has 0 aromatic carbocycles. The number of hydrogen-bond acceptors (Lipinski definition) is 3. The summed E-state index contributed by atoms with van der Waals surface area (Å²) in [7, 11) is 0. The third-order valence-electron chi connectivity index (χ3n) is 2.31. The third-order valence-corrected chi connectivity index (χ3v) is 2.31. The molecule has 3 nitrogen and oxygen atoms in total. The van der Waals surface area contributed by atoms with Gasteiger partial charge in [-0.3, -0.25) is 0 Å². The first kappa shape index (κ1) is 14.9. The molecule has 0 aromatic rings. The van der Waals surface area contributed by atoms with E-state index in [4.69, 9.17) is 9.47 Å². The van der Waals surface area contributed by atoms with Gasteiger partial charge in [-0.25, -0.2) is 0 Å². The third kappa shape index (κ3) is 8.85. The molecular weight excluding hydrogens is 190 g/mol. The standard InChI is InChI=1S/C12H27NO2/c1-5-8-15-9-7-13-12(11(3)4)10-14-6-2/h11-13H,5-10H2,1-4H3. The van der Waals surface area contributed by atoms with Crippen molar-refractivity contribution < 1.29 is 9.47 Å². The van der Waals surface area contributed by atoms with E-state index in [0.717, 1.165) is 39.4 Å². The Morgan fingerprint density at radius 2 is 1.80 bits per heavy atom. The van der Waals surface area contributed by atoms with Gasteiger partial charge in [0.1, 0.15) is 0 Å². The molecule has 0 aromatic heterocycles. The molecule has 0 aliphatic carbocycles. The average Bonchev–Trinajstić information content (AvgIpc) is 2.21. The molecule has 0 saturated heterocycles. The highest BCUT2D eigenvalue weighted by Gasteiger charge is 2.11. The van der Waals surface area contributed by atoms with Crippen molar-refractivity contribution in [3.05, 3.63) is 0 Å². The van der Waals surface area contributed by atoms with Crippen molar-refractivity contribution in [2.24, 2.45) is 5.92 Å². The molecule has 3 heteroatoms. The molecule has 92 valence electrons. The van der Waals surface area contributed by atoms with Gasteiger partial charge in [0.15, 0.2) is 0 Å². The number of nitrogens with one attached hydrogen (secondary N) is 1. The van der Waals surface area contributed by atoms with Gasteiger partial charge in [-0.05, 0) is 19.3 Å². The van der Waals surface area contributed by atoms with Gasteiger partial charge < -0.3 is 14.8 Å². The Balaban J connectivity index is 3.48. The number of rotatable bonds is 10. The lowest BCUT2D eigenvalue weighted by Crippen LogP contribution is -2.39. The van der Waals surface area contributed by atoms with Crippen LogP contribution in [0.1, 0.15) is 34.1 Å². The van der Waals surface area contributed by atoms with E-state index in [2.05, 4.69) is 26.1 Å². The summed E-state index contributed by atoms with van der Waals surface area (Å²) in [6.45, 7) is 12.7. The maximum atomic E-state index is 5.43. The van der Waals surface area contributed by atoms with Gasteiger partial charge in [-0.2, -0.15) is 0 Å². The zero-order valence-electron chi connectivity index (χ0n) is 10.7. The van der Waals surface area contributed by atoms with Gasteiger partial charge in [0.05, 0.1) is 13.2 Å². The number of hydrogen-bond donors (Lipinski definition) is 1. The second-order valence-corrected chi connectivity index (χ2v) is 4.08. The fourth-order valence-corrected chi connectivity index (χ4v) is 1.29. The molecule has 1 unspecified atom stereocenters. The van der Waals surface area contributed by atoms with Crippen LogP contribution in [0.5, 0.6) is 0 Å². The first-order chi connectivity index (χ1) is 7.22. The Morgan fingerprint density at radius 3 is 2.33 bits per heavy atom. The molecule has 0 rings (SSSR count). The van der Waals surface area contributed by atoms with Crippen LogP contribution < -0.4 is 5.32 Å². The summed E-state index contributed by atoms with van der Waals surface area (Å²) < 4.78 is 10.8. The van der Waals surface area contributed by atoms with Crippen molar-refractivity contribution in [2.75, 3.05) is 33.0 Å². The van der Waals surface area contributed by atoms with Crippen molar-refractivity contribution in [1.29, 1.82) is 0 Å². The molecule has 0 aliphatic heterocycles. The Labute approximate surface area is 94.5 Å². The second-order valence-electron chi connectivity index (χ2n) is 4.08. The summed E-state index contributed by atoms with van der Waals surface area (Å²) in [6, 6.07) is 0.440. The zero-order valence-corrected chi connectivity index (χ0v) is 10.7. The number of ether oxygens (including phenoxy) is 2. The first-order valence-electron chi connectivity index (χ1n) is 6.11. The van der Waals surface area contributed by atoms with E-state index in [9.17, 15) is 0 Å². The van der Waals surface area contributed by atoms with Gasteiger partial charge in [0.25, 0.3) is 0 Å². The molecule has 0 fully saturated rings. The summed E-state index contributed by atoms with van der Waals surface area (Å²) >= 11 is 0. The van der Waals surface area contributed by atoms with Crippen LogP contribution in [0.15, 0.2) is 0 Å². The highest BCUT2D eigenvalue weighted by atomic mass is 16.5. The van der Waals surface area contributed by atoms with Gasteiger partial charge >= 0.3 is 0 Å². The molecule has 0 amide bonds. The lowest BCUT2D eigenvalue weighted by Gasteiger charge is -2.22. The van der Waals surface area contributed by atoms with Crippen molar-refractivity contribution >= 4 is 0 Å². The molecule has 0 radical (unpaired) electrons. The van der Waals surface area contributed by atoms with E-state index < -0.39 is 0 Å². The Kier molecular flexibility index (Phi) is 10.3. The van der Waals surface area contributed by atoms with Crippen molar-refractivity contribution in [2.45, 2.75) is 40.2 Å². The lowest BCUT2D eigenvalue weighted by atomic mass is 10.1. The summed E-state index contributed by atoms with van der Waals surface area (Å²) in [5, 5.41) is 3.46. The van der Waals surface area contributed by atoms with Crippen LogP contribution in [-0.2, 0) is 9.47 Å². The smallest absolute Gasteiger partial charge is 0.0621 e. The molecule has 15 heavy (non-hydrogen) atoms. The van der Waals surface area contributed by atoms with Crippen molar-refractivity contribution in [3.63, 3.8) is 0 Å². The van der Waals surface area contributed by atoms with E-state index in [1.165, 1.54) is 0 Å². The zero-order chi connectivity index (χ0) is 11.5. The van der Waals surface area contributed by atoms with Crippen LogP contribution in [0.4, 0.5) is 0 Å². The highest BCUT2D eigenvalue weighted by molar-refractivity contribution is 4.69. The van der Waals surface area contributed by atoms with Gasteiger partial charge in [0.2, 0.25) is 0 Å². The van der Waals surface area contributed by atoms with Crippen molar-refractivity contribution in [1.82, 2.24) is 5.32 Å². The monoisotopic (exact) mass is 217 g/mol. The van der Waals surface area contributed by atoms with E-state index >= 15 is 0 Å². The Hall–Kier alpha value is -0.120. The molecule has 0 aliphatic rings. The van der Waals surface area contributed by atoms with Gasteiger partial charge in [-0.1, -0.05) is 20.8 Å². The minimum atomic E-state index is 0.440.